The number of anilines is 1. The van der Waals surface area contributed by atoms with Crippen LogP contribution in [0.2, 0.25) is 0 Å². The number of carbonyl (C=O) groups is 2. The van der Waals surface area contributed by atoms with Crippen LogP contribution in [0, 0.1) is 10.1 Å². The Kier molecular flexibility index (Phi) is 6.81. The van der Waals surface area contributed by atoms with E-state index in [2.05, 4.69) is 10.6 Å². The lowest BCUT2D eigenvalue weighted by Crippen LogP contribution is -2.36. The quantitative estimate of drug-likeness (QED) is 0.423. The van der Waals surface area contributed by atoms with Gasteiger partial charge in [0.1, 0.15) is 0 Å². The monoisotopic (exact) mass is 308 g/mol. The highest BCUT2D eigenvalue weighted by molar-refractivity contribution is 5.84. The van der Waals surface area contributed by atoms with Crippen molar-refractivity contribution in [2.75, 3.05) is 32.5 Å². The molecule has 0 fully saturated rings. The maximum absolute atomic E-state index is 11.8. The van der Waals surface area contributed by atoms with Crippen molar-refractivity contribution in [3.63, 3.8) is 0 Å². The molecule has 120 valence electrons. The Morgan fingerprint density at radius 2 is 1.91 bits per heavy atom. The van der Waals surface area contributed by atoms with Crippen molar-refractivity contribution in [1.29, 1.82) is 0 Å². The molecule has 0 aliphatic heterocycles. The molecule has 0 bridgehead atoms. The summed E-state index contributed by atoms with van der Waals surface area (Å²) in [6, 6.07) is 6.09. The highest BCUT2D eigenvalue weighted by Gasteiger charge is 2.11. The number of hydrogen-bond acceptors (Lipinski definition) is 5. The van der Waals surface area contributed by atoms with Crippen molar-refractivity contribution in [3.8, 4) is 0 Å². The van der Waals surface area contributed by atoms with Crippen LogP contribution in [0.5, 0.6) is 0 Å². The molecule has 0 saturated carbocycles. The van der Waals surface area contributed by atoms with Crippen molar-refractivity contribution in [2.45, 2.75) is 12.8 Å². The van der Waals surface area contributed by atoms with Crippen LogP contribution < -0.4 is 10.6 Å². The van der Waals surface area contributed by atoms with Crippen LogP contribution in [-0.2, 0) is 9.59 Å². The summed E-state index contributed by atoms with van der Waals surface area (Å²) in [6.45, 7) is 0.614. The molecule has 1 aromatic rings. The molecule has 0 heterocycles. The summed E-state index contributed by atoms with van der Waals surface area (Å²) in [4.78, 5) is 34.4. The number of amides is 2. The van der Waals surface area contributed by atoms with Crippen LogP contribution in [0.25, 0.3) is 0 Å². The van der Waals surface area contributed by atoms with Gasteiger partial charge < -0.3 is 15.5 Å². The van der Waals surface area contributed by atoms with E-state index in [1.165, 1.54) is 24.1 Å². The third-order valence-corrected chi connectivity index (χ3v) is 3.06. The molecule has 0 radical (unpaired) electrons. The highest BCUT2D eigenvalue weighted by Crippen LogP contribution is 2.15. The van der Waals surface area contributed by atoms with Gasteiger partial charge in [-0.05, 0) is 18.6 Å². The molecule has 0 aliphatic rings. The van der Waals surface area contributed by atoms with Crippen molar-refractivity contribution < 1.29 is 14.5 Å². The van der Waals surface area contributed by atoms with Crippen LogP contribution in [0.3, 0.4) is 0 Å². The highest BCUT2D eigenvalue weighted by atomic mass is 16.6. The number of rotatable bonds is 8. The van der Waals surface area contributed by atoms with Gasteiger partial charge in [-0.3, -0.25) is 19.7 Å². The third kappa shape index (κ3) is 5.78. The van der Waals surface area contributed by atoms with Crippen LogP contribution in [-0.4, -0.2) is 48.8 Å². The predicted octanol–water partition coefficient (Wildman–Crippen LogP) is 0.991. The number of carbonyl (C=O) groups excluding carboxylic acids is 2. The summed E-state index contributed by atoms with van der Waals surface area (Å²) >= 11 is 0. The lowest BCUT2D eigenvalue weighted by atomic mass is 10.2. The van der Waals surface area contributed by atoms with Crippen molar-refractivity contribution in [2.24, 2.45) is 0 Å². The van der Waals surface area contributed by atoms with Gasteiger partial charge in [0.25, 0.3) is 5.69 Å². The minimum Gasteiger partial charge on any atom is -0.385 e. The second kappa shape index (κ2) is 8.60. The van der Waals surface area contributed by atoms with Crippen LogP contribution >= 0.6 is 0 Å². The van der Waals surface area contributed by atoms with E-state index >= 15 is 0 Å². The molecule has 0 aliphatic carbocycles. The zero-order chi connectivity index (χ0) is 16.5. The van der Waals surface area contributed by atoms with Crippen LogP contribution in [0.15, 0.2) is 24.3 Å². The molecule has 2 N–H and O–H groups in total. The fourth-order valence-corrected chi connectivity index (χ4v) is 1.75. The van der Waals surface area contributed by atoms with E-state index in [-0.39, 0.29) is 24.0 Å². The maximum Gasteiger partial charge on any atom is 0.269 e. The zero-order valence-corrected chi connectivity index (χ0v) is 12.7. The van der Waals surface area contributed by atoms with Gasteiger partial charge in [-0.15, -0.1) is 0 Å². The molecule has 0 saturated heterocycles. The number of nitrogens with zero attached hydrogens (tertiary/aromatic N) is 2. The molecule has 22 heavy (non-hydrogen) atoms. The number of likely N-dealkylation sites (N-methyl/N-ethyl adjacent to an activating group) is 2. The molecule has 0 aromatic heterocycles. The first-order chi connectivity index (χ1) is 10.4. The van der Waals surface area contributed by atoms with Gasteiger partial charge in [-0.25, -0.2) is 0 Å². The molecular weight excluding hydrogens is 288 g/mol. The lowest BCUT2D eigenvalue weighted by Gasteiger charge is -2.16. The second-order valence-electron chi connectivity index (χ2n) is 4.76. The topological polar surface area (TPSA) is 105 Å². The summed E-state index contributed by atoms with van der Waals surface area (Å²) in [5.74, 6) is -0.311. The molecule has 0 spiro atoms. The molecule has 8 heteroatoms. The summed E-state index contributed by atoms with van der Waals surface area (Å²) in [7, 11) is 3.11. The van der Waals surface area contributed by atoms with E-state index in [1.54, 1.807) is 19.2 Å². The standard InChI is InChI=1S/C14H20N4O4/c1-15-13(19)10-17(2)14(20)4-3-9-16-11-5-7-12(8-6-11)18(21)22/h5-8,16H,3-4,9-10H2,1-2H3,(H,15,19). The number of nitrogens with one attached hydrogen (secondary N) is 2. The van der Waals surface area contributed by atoms with E-state index in [9.17, 15) is 19.7 Å². The fraction of sp³-hybridized carbons (Fsp3) is 0.429. The molecule has 0 atom stereocenters. The Labute approximate surface area is 128 Å². The number of benzene rings is 1. The summed E-state index contributed by atoms with van der Waals surface area (Å²) in [5.41, 5.74) is 0.799. The zero-order valence-electron chi connectivity index (χ0n) is 12.7. The molecule has 2 amide bonds. The van der Waals surface area contributed by atoms with Gasteiger partial charge >= 0.3 is 0 Å². The minimum atomic E-state index is -0.454. The number of nitro benzene ring substituents is 1. The molecule has 8 nitrogen and oxygen atoms in total. The second-order valence-corrected chi connectivity index (χ2v) is 4.76. The number of hydrogen-bond donors (Lipinski definition) is 2. The van der Waals surface area contributed by atoms with Crippen molar-refractivity contribution >= 4 is 23.2 Å². The average Bonchev–Trinajstić information content (AvgIpc) is 2.51. The van der Waals surface area contributed by atoms with Gasteiger partial charge in [0.2, 0.25) is 11.8 Å². The molecule has 0 unspecified atom stereocenters. The Morgan fingerprint density at radius 1 is 1.27 bits per heavy atom. The van der Waals surface area contributed by atoms with E-state index in [1.807, 2.05) is 0 Å². The van der Waals surface area contributed by atoms with Crippen LogP contribution in [0.1, 0.15) is 12.8 Å². The van der Waals surface area contributed by atoms with E-state index in [4.69, 9.17) is 0 Å². The van der Waals surface area contributed by atoms with Gasteiger partial charge in [0.15, 0.2) is 0 Å². The Bertz CT molecular complexity index is 530. The average molecular weight is 308 g/mol. The SMILES string of the molecule is CNC(=O)CN(C)C(=O)CCCNc1ccc([N+](=O)[O-])cc1. The van der Waals surface area contributed by atoms with Gasteiger partial charge in [0.05, 0.1) is 11.5 Å². The summed E-state index contributed by atoms with van der Waals surface area (Å²) in [5, 5.41) is 16.1. The lowest BCUT2D eigenvalue weighted by molar-refractivity contribution is -0.384. The van der Waals surface area contributed by atoms with E-state index in [0.717, 1.165) is 5.69 Å². The largest absolute Gasteiger partial charge is 0.385 e. The molecule has 1 aromatic carbocycles. The predicted molar refractivity (Wildman–Crippen MR) is 82.5 cm³/mol. The Hall–Kier alpha value is -2.64. The first-order valence-electron chi connectivity index (χ1n) is 6.87. The van der Waals surface area contributed by atoms with Gasteiger partial charge in [0, 0.05) is 44.9 Å². The molecular formula is C14H20N4O4. The number of nitro groups is 1. The van der Waals surface area contributed by atoms with Crippen molar-refractivity contribution in [1.82, 2.24) is 10.2 Å². The van der Waals surface area contributed by atoms with Crippen molar-refractivity contribution in [3.05, 3.63) is 34.4 Å². The first kappa shape index (κ1) is 17.4. The normalized spacial score (nSPS) is 9.91. The first-order valence-corrected chi connectivity index (χ1v) is 6.87. The Morgan fingerprint density at radius 3 is 2.45 bits per heavy atom. The fourth-order valence-electron chi connectivity index (χ4n) is 1.75. The molecule has 1 rings (SSSR count). The van der Waals surface area contributed by atoms with E-state index in [0.29, 0.717) is 19.4 Å². The minimum absolute atomic E-state index is 0.0385. The Balaban J connectivity index is 2.28. The maximum atomic E-state index is 11.8. The smallest absolute Gasteiger partial charge is 0.269 e. The summed E-state index contributed by atoms with van der Waals surface area (Å²) in [6.07, 6.45) is 0.932. The number of non-ortho nitro benzene ring substituents is 1. The summed E-state index contributed by atoms with van der Waals surface area (Å²) < 4.78 is 0. The van der Waals surface area contributed by atoms with Gasteiger partial charge in [-0.2, -0.15) is 0 Å². The third-order valence-electron chi connectivity index (χ3n) is 3.06. The van der Waals surface area contributed by atoms with Crippen LogP contribution in [0.4, 0.5) is 11.4 Å². The van der Waals surface area contributed by atoms with E-state index < -0.39 is 4.92 Å². The van der Waals surface area contributed by atoms with Gasteiger partial charge in [-0.1, -0.05) is 0 Å².